The normalized spacial score (nSPS) is 14.0. The Labute approximate surface area is 189 Å². The first-order chi connectivity index (χ1) is 15.3. The second-order valence-corrected chi connectivity index (χ2v) is 9.52. The van der Waals surface area contributed by atoms with Crippen molar-refractivity contribution in [2.45, 2.75) is 26.2 Å². The number of nitrogens with zero attached hydrogens (tertiary/aromatic N) is 2. The van der Waals surface area contributed by atoms with Crippen molar-refractivity contribution in [3.05, 3.63) is 54.1 Å². The minimum absolute atomic E-state index is 0.137. The Morgan fingerprint density at radius 3 is 2.38 bits per heavy atom. The fraction of sp³-hybridized carbons (Fsp3) is 0.391. The van der Waals surface area contributed by atoms with Gasteiger partial charge in [0.15, 0.2) is 0 Å². The van der Waals surface area contributed by atoms with Crippen molar-refractivity contribution in [2.24, 2.45) is 0 Å². The highest BCUT2D eigenvalue weighted by atomic mass is 32.2. The molecule has 2 aromatic rings. The summed E-state index contributed by atoms with van der Waals surface area (Å²) in [6, 6.07) is 13.4. The first-order valence-electron chi connectivity index (χ1n) is 10.7. The molecule has 1 heterocycles. The number of anilines is 2. The van der Waals surface area contributed by atoms with Gasteiger partial charge in [-0.3, -0.25) is 13.9 Å². The number of para-hydroxylation sites is 3. The fourth-order valence-corrected chi connectivity index (χ4v) is 4.55. The largest absolute Gasteiger partial charge is 0.492 e. The smallest absolute Gasteiger partial charge is 0.255 e. The van der Waals surface area contributed by atoms with Gasteiger partial charge >= 0.3 is 0 Å². The third-order valence-corrected chi connectivity index (χ3v) is 6.32. The molecule has 172 valence electrons. The summed E-state index contributed by atoms with van der Waals surface area (Å²) in [4.78, 5) is 27.6. The lowest BCUT2D eigenvalue weighted by molar-refractivity contribution is -0.114. The van der Waals surface area contributed by atoms with Crippen LogP contribution >= 0.6 is 0 Å². The maximum Gasteiger partial charge on any atom is 0.255 e. The maximum absolute atomic E-state index is 13.0. The molecule has 3 rings (SSSR count). The number of amides is 2. The van der Waals surface area contributed by atoms with Gasteiger partial charge in [-0.15, -0.1) is 0 Å². The lowest BCUT2D eigenvalue weighted by atomic mass is 10.1. The first-order valence-corrected chi connectivity index (χ1v) is 12.5. The summed E-state index contributed by atoms with van der Waals surface area (Å²) in [6.07, 6.45) is 4.06. The molecule has 8 nitrogen and oxygen atoms in total. The van der Waals surface area contributed by atoms with E-state index in [4.69, 9.17) is 4.74 Å². The standard InChI is InChI=1S/C23H29N3O5S/c1-3-31-21-14-8-7-13-20(21)26(32(2,29)30)17-22(27)24-19-12-6-5-11-18(19)23(28)25-15-9-4-10-16-25/h5-8,11-14H,3-4,9-10,15-17H2,1-2H3,(H,24,27). The van der Waals surface area contributed by atoms with Crippen LogP contribution in [0.2, 0.25) is 0 Å². The van der Waals surface area contributed by atoms with Gasteiger partial charge in [-0.2, -0.15) is 0 Å². The molecule has 0 atom stereocenters. The lowest BCUT2D eigenvalue weighted by Crippen LogP contribution is -2.38. The van der Waals surface area contributed by atoms with Crippen LogP contribution in [0.3, 0.4) is 0 Å². The minimum atomic E-state index is -3.77. The highest BCUT2D eigenvalue weighted by Crippen LogP contribution is 2.30. The third kappa shape index (κ3) is 5.79. The second-order valence-electron chi connectivity index (χ2n) is 7.62. The van der Waals surface area contributed by atoms with Crippen molar-refractivity contribution in [3.8, 4) is 5.75 Å². The molecule has 0 saturated carbocycles. The fourth-order valence-electron chi connectivity index (χ4n) is 3.69. The summed E-state index contributed by atoms with van der Waals surface area (Å²) in [7, 11) is -3.77. The lowest BCUT2D eigenvalue weighted by Gasteiger charge is -2.28. The number of piperidine rings is 1. The molecule has 0 spiro atoms. The Morgan fingerprint density at radius 1 is 1.03 bits per heavy atom. The predicted octanol–water partition coefficient (Wildman–Crippen LogP) is 3.12. The molecule has 1 aliphatic heterocycles. The molecule has 0 aliphatic carbocycles. The van der Waals surface area contributed by atoms with E-state index < -0.39 is 22.5 Å². The van der Waals surface area contributed by atoms with E-state index in [1.807, 2.05) is 0 Å². The minimum Gasteiger partial charge on any atom is -0.492 e. The maximum atomic E-state index is 13.0. The molecule has 0 bridgehead atoms. The van der Waals surface area contributed by atoms with Crippen molar-refractivity contribution < 1.29 is 22.7 Å². The van der Waals surface area contributed by atoms with Gasteiger partial charge in [0.25, 0.3) is 5.91 Å². The number of hydrogen-bond donors (Lipinski definition) is 1. The van der Waals surface area contributed by atoms with E-state index in [1.165, 1.54) is 0 Å². The summed E-state index contributed by atoms with van der Waals surface area (Å²) in [5.41, 5.74) is 1.03. The summed E-state index contributed by atoms with van der Waals surface area (Å²) in [5.74, 6) is -0.322. The topological polar surface area (TPSA) is 96.0 Å². The van der Waals surface area contributed by atoms with Crippen molar-refractivity contribution in [2.75, 3.05) is 42.1 Å². The van der Waals surface area contributed by atoms with Gasteiger partial charge in [-0.25, -0.2) is 8.42 Å². The summed E-state index contributed by atoms with van der Waals surface area (Å²) < 4.78 is 31.5. The first kappa shape index (κ1) is 23.6. The molecule has 0 aromatic heterocycles. The van der Waals surface area contributed by atoms with Gasteiger partial charge in [0.2, 0.25) is 15.9 Å². The van der Waals surface area contributed by atoms with Gasteiger partial charge in [-0.1, -0.05) is 24.3 Å². The van der Waals surface area contributed by atoms with Crippen molar-refractivity contribution >= 4 is 33.2 Å². The van der Waals surface area contributed by atoms with E-state index in [0.29, 0.717) is 36.7 Å². The predicted molar refractivity (Wildman–Crippen MR) is 125 cm³/mol. The van der Waals surface area contributed by atoms with E-state index in [-0.39, 0.29) is 11.6 Å². The van der Waals surface area contributed by atoms with Crippen LogP contribution < -0.4 is 14.4 Å². The van der Waals surface area contributed by atoms with Crippen LogP contribution in [0, 0.1) is 0 Å². The average molecular weight is 460 g/mol. The number of sulfonamides is 1. The molecule has 9 heteroatoms. The summed E-state index contributed by atoms with van der Waals surface area (Å²) in [6.45, 7) is 3.08. The molecule has 0 radical (unpaired) electrons. The Bertz CT molecular complexity index is 1060. The highest BCUT2D eigenvalue weighted by Gasteiger charge is 2.25. The van der Waals surface area contributed by atoms with Crippen LogP contribution in [0.5, 0.6) is 5.75 Å². The zero-order valence-corrected chi connectivity index (χ0v) is 19.2. The SMILES string of the molecule is CCOc1ccccc1N(CC(=O)Nc1ccccc1C(=O)N1CCCCC1)S(C)(=O)=O. The van der Waals surface area contributed by atoms with Crippen LogP contribution in [0.1, 0.15) is 36.5 Å². The second kappa shape index (κ2) is 10.5. The van der Waals surface area contributed by atoms with E-state index in [9.17, 15) is 18.0 Å². The van der Waals surface area contributed by atoms with Crippen LogP contribution in [0.4, 0.5) is 11.4 Å². The quantitative estimate of drug-likeness (QED) is 0.654. The molecule has 1 saturated heterocycles. The van der Waals surface area contributed by atoms with Crippen LogP contribution in [-0.4, -0.2) is 57.6 Å². The number of carbonyl (C=O) groups is 2. The molecular formula is C23H29N3O5S. The molecule has 32 heavy (non-hydrogen) atoms. The zero-order valence-electron chi connectivity index (χ0n) is 18.4. The zero-order chi connectivity index (χ0) is 23.1. The van der Waals surface area contributed by atoms with Crippen LogP contribution in [-0.2, 0) is 14.8 Å². The Morgan fingerprint density at radius 2 is 1.69 bits per heavy atom. The van der Waals surface area contributed by atoms with Crippen molar-refractivity contribution in [3.63, 3.8) is 0 Å². The van der Waals surface area contributed by atoms with Crippen molar-refractivity contribution in [1.82, 2.24) is 4.90 Å². The number of benzene rings is 2. The number of rotatable bonds is 8. The van der Waals surface area contributed by atoms with Gasteiger partial charge in [0, 0.05) is 13.1 Å². The average Bonchev–Trinajstić information content (AvgIpc) is 2.78. The van der Waals surface area contributed by atoms with Gasteiger partial charge in [0.05, 0.1) is 29.8 Å². The highest BCUT2D eigenvalue weighted by molar-refractivity contribution is 7.92. The van der Waals surface area contributed by atoms with E-state index in [1.54, 1.807) is 60.4 Å². The van der Waals surface area contributed by atoms with Gasteiger partial charge < -0.3 is 15.0 Å². The van der Waals surface area contributed by atoms with E-state index >= 15 is 0 Å². The van der Waals surface area contributed by atoms with Gasteiger partial charge in [-0.05, 0) is 50.5 Å². The number of nitrogens with one attached hydrogen (secondary N) is 1. The van der Waals surface area contributed by atoms with Gasteiger partial charge in [0.1, 0.15) is 12.3 Å². The molecular weight excluding hydrogens is 430 g/mol. The molecule has 0 unspecified atom stereocenters. The molecule has 2 aromatic carbocycles. The summed E-state index contributed by atoms with van der Waals surface area (Å²) >= 11 is 0. The molecule has 1 aliphatic rings. The number of ether oxygens (including phenoxy) is 1. The third-order valence-electron chi connectivity index (χ3n) is 5.20. The van der Waals surface area contributed by atoms with E-state index in [2.05, 4.69) is 5.32 Å². The van der Waals surface area contributed by atoms with Crippen LogP contribution in [0.15, 0.2) is 48.5 Å². The van der Waals surface area contributed by atoms with E-state index in [0.717, 1.165) is 29.8 Å². The number of hydrogen-bond acceptors (Lipinski definition) is 5. The number of carbonyl (C=O) groups excluding carboxylic acids is 2. The molecule has 2 amide bonds. The Kier molecular flexibility index (Phi) is 7.74. The number of likely N-dealkylation sites (tertiary alicyclic amines) is 1. The van der Waals surface area contributed by atoms with Crippen molar-refractivity contribution in [1.29, 1.82) is 0 Å². The summed E-state index contributed by atoms with van der Waals surface area (Å²) in [5, 5.41) is 2.72. The monoisotopic (exact) mass is 459 g/mol. The molecule has 1 fully saturated rings. The van der Waals surface area contributed by atoms with Crippen LogP contribution in [0.25, 0.3) is 0 Å². The Hall–Kier alpha value is -3.07. The Balaban J connectivity index is 1.82. The molecule has 1 N–H and O–H groups in total.